The number of hydrogen-bond acceptors (Lipinski definition) is 2. The molecule has 2 nitrogen and oxygen atoms in total. The number of anilines is 1. The van der Waals surface area contributed by atoms with Gasteiger partial charge in [0.25, 0.3) is 0 Å². The van der Waals surface area contributed by atoms with Crippen LogP contribution < -0.4 is 10.1 Å². The van der Waals surface area contributed by atoms with Crippen molar-refractivity contribution in [2.45, 2.75) is 13.0 Å². The van der Waals surface area contributed by atoms with Crippen LogP contribution in [0.1, 0.15) is 18.5 Å². The van der Waals surface area contributed by atoms with Gasteiger partial charge in [-0.25, -0.2) is 4.39 Å². The summed E-state index contributed by atoms with van der Waals surface area (Å²) in [6, 6.07) is 9.95. The summed E-state index contributed by atoms with van der Waals surface area (Å²) in [6.45, 7) is 1.95. The van der Waals surface area contributed by atoms with Crippen LogP contribution in [0, 0.1) is 5.82 Å². The zero-order valence-corrected chi connectivity index (χ0v) is 13.4. The molecule has 0 heterocycles. The lowest BCUT2D eigenvalue weighted by atomic mass is 10.1. The fraction of sp³-hybridized carbons (Fsp3) is 0.200. The molecule has 0 spiro atoms. The minimum Gasteiger partial charge on any atom is -0.493 e. The molecule has 0 amide bonds. The van der Waals surface area contributed by atoms with Crippen LogP contribution in [0.2, 0.25) is 5.02 Å². The minimum absolute atomic E-state index is 0.0787. The summed E-state index contributed by atoms with van der Waals surface area (Å²) in [4.78, 5) is 0. The van der Waals surface area contributed by atoms with Gasteiger partial charge in [-0.3, -0.25) is 0 Å². The Bertz CT molecular complexity index is 621. The van der Waals surface area contributed by atoms with E-state index in [1.807, 2.05) is 13.0 Å². The van der Waals surface area contributed by atoms with Crippen molar-refractivity contribution in [1.29, 1.82) is 0 Å². The Kier molecular flexibility index (Phi) is 4.89. The van der Waals surface area contributed by atoms with Crippen LogP contribution >= 0.6 is 27.5 Å². The second kappa shape index (κ2) is 6.46. The molecule has 0 saturated heterocycles. The Morgan fingerprint density at radius 2 is 2.05 bits per heavy atom. The van der Waals surface area contributed by atoms with Crippen molar-refractivity contribution in [2.24, 2.45) is 0 Å². The molecule has 20 heavy (non-hydrogen) atoms. The Balaban J connectivity index is 2.30. The van der Waals surface area contributed by atoms with Gasteiger partial charge in [0.2, 0.25) is 0 Å². The van der Waals surface area contributed by atoms with Crippen LogP contribution in [0.3, 0.4) is 0 Å². The molecule has 106 valence electrons. The molecule has 1 unspecified atom stereocenters. The highest BCUT2D eigenvalue weighted by Crippen LogP contribution is 2.37. The van der Waals surface area contributed by atoms with Gasteiger partial charge in [-0.1, -0.05) is 23.7 Å². The van der Waals surface area contributed by atoms with Crippen LogP contribution in [-0.2, 0) is 0 Å². The van der Waals surface area contributed by atoms with Gasteiger partial charge < -0.3 is 10.1 Å². The van der Waals surface area contributed by atoms with Crippen molar-refractivity contribution in [3.05, 3.63) is 57.3 Å². The van der Waals surface area contributed by atoms with E-state index in [4.69, 9.17) is 16.3 Å². The highest BCUT2D eigenvalue weighted by atomic mass is 79.9. The van der Waals surface area contributed by atoms with Gasteiger partial charge in [0, 0.05) is 11.1 Å². The monoisotopic (exact) mass is 357 g/mol. The van der Waals surface area contributed by atoms with Gasteiger partial charge in [-0.15, -0.1) is 0 Å². The fourth-order valence-electron chi connectivity index (χ4n) is 1.97. The van der Waals surface area contributed by atoms with Crippen molar-refractivity contribution in [3.63, 3.8) is 0 Å². The van der Waals surface area contributed by atoms with Gasteiger partial charge in [-0.2, -0.15) is 0 Å². The topological polar surface area (TPSA) is 21.3 Å². The molecule has 2 aromatic rings. The summed E-state index contributed by atoms with van der Waals surface area (Å²) in [5, 5.41) is 3.87. The van der Waals surface area contributed by atoms with Crippen LogP contribution in [-0.4, -0.2) is 7.11 Å². The summed E-state index contributed by atoms with van der Waals surface area (Å²) >= 11 is 9.45. The number of nitrogens with one attached hydrogen (secondary N) is 1. The van der Waals surface area contributed by atoms with E-state index in [0.717, 1.165) is 15.7 Å². The summed E-state index contributed by atoms with van der Waals surface area (Å²) in [7, 11) is 1.59. The van der Waals surface area contributed by atoms with Crippen molar-refractivity contribution in [3.8, 4) is 5.75 Å². The van der Waals surface area contributed by atoms with Gasteiger partial charge in [0.05, 0.1) is 17.3 Å². The first-order chi connectivity index (χ1) is 9.51. The Labute approximate surface area is 131 Å². The second-order valence-electron chi connectivity index (χ2n) is 4.39. The maximum absolute atomic E-state index is 13.3. The lowest BCUT2D eigenvalue weighted by molar-refractivity contribution is 0.413. The molecule has 0 fully saturated rings. The lowest BCUT2D eigenvalue weighted by Crippen LogP contribution is -2.08. The normalized spacial score (nSPS) is 12.1. The van der Waals surface area contributed by atoms with Crippen LogP contribution in [0.5, 0.6) is 5.75 Å². The number of halogens is 3. The van der Waals surface area contributed by atoms with Crippen molar-refractivity contribution in [1.82, 2.24) is 0 Å². The largest absolute Gasteiger partial charge is 0.493 e. The number of rotatable bonds is 4. The minimum atomic E-state index is -0.254. The molecule has 0 saturated carbocycles. The number of ether oxygens (including phenoxy) is 1. The molecule has 5 heteroatoms. The van der Waals surface area contributed by atoms with Crippen molar-refractivity contribution in [2.75, 3.05) is 12.4 Å². The molecule has 0 aliphatic carbocycles. The predicted molar refractivity (Wildman–Crippen MR) is 84.1 cm³/mol. The lowest BCUT2D eigenvalue weighted by Gasteiger charge is -2.19. The summed E-state index contributed by atoms with van der Waals surface area (Å²) in [5.74, 6) is 0.410. The molecule has 0 aliphatic rings. The molecule has 0 radical (unpaired) electrons. The van der Waals surface area contributed by atoms with E-state index in [9.17, 15) is 4.39 Å². The van der Waals surface area contributed by atoms with E-state index in [0.29, 0.717) is 10.8 Å². The Morgan fingerprint density at radius 1 is 1.30 bits per heavy atom. The van der Waals surface area contributed by atoms with E-state index in [1.54, 1.807) is 25.3 Å². The first-order valence-corrected chi connectivity index (χ1v) is 7.23. The summed E-state index contributed by atoms with van der Waals surface area (Å²) < 4.78 is 19.4. The van der Waals surface area contributed by atoms with Gasteiger partial charge in [-0.05, 0) is 52.7 Å². The highest BCUT2D eigenvalue weighted by molar-refractivity contribution is 9.10. The molecular formula is C15H14BrClFNO. The van der Waals surface area contributed by atoms with E-state index >= 15 is 0 Å². The second-order valence-corrected chi connectivity index (χ2v) is 5.68. The van der Waals surface area contributed by atoms with E-state index in [2.05, 4.69) is 21.2 Å². The molecule has 1 N–H and O–H groups in total. The third kappa shape index (κ3) is 3.44. The summed E-state index contributed by atoms with van der Waals surface area (Å²) in [6.07, 6.45) is 0. The molecule has 2 rings (SSSR count). The van der Waals surface area contributed by atoms with E-state index in [-0.39, 0.29) is 11.9 Å². The van der Waals surface area contributed by atoms with Crippen molar-refractivity contribution < 1.29 is 9.13 Å². The van der Waals surface area contributed by atoms with Crippen LogP contribution in [0.15, 0.2) is 40.9 Å². The average Bonchev–Trinajstić information content (AvgIpc) is 2.38. The van der Waals surface area contributed by atoms with Crippen LogP contribution in [0.25, 0.3) is 0 Å². The summed E-state index contributed by atoms with van der Waals surface area (Å²) in [5.41, 5.74) is 1.60. The quantitative estimate of drug-likeness (QED) is 0.787. The maximum atomic E-state index is 13.3. The van der Waals surface area contributed by atoms with Gasteiger partial charge >= 0.3 is 0 Å². The highest BCUT2D eigenvalue weighted by Gasteiger charge is 2.13. The third-order valence-electron chi connectivity index (χ3n) is 2.93. The standard InChI is InChI=1S/C15H14BrClFNO/c1-9(10-4-3-5-12(18)6-10)19-14-8-11(17)7-13(16)15(14)20-2/h3-9,19H,1-2H3. The fourth-order valence-corrected chi connectivity index (χ4v) is 2.94. The maximum Gasteiger partial charge on any atom is 0.156 e. The molecule has 0 bridgehead atoms. The number of benzene rings is 2. The first-order valence-electron chi connectivity index (χ1n) is 6.06. The van der Waals surface area contributed by atoms with Gasteiger partial charge in [0.1, 0.15) is 5.82 Å². The molecule has 0 aliphatic heterocycles. The smallest absolute Gasteiger partial charge is 0.156 e. The van der Waals surface area contributed by atoms with E-state index < -0.39 is 0 Å². The zero-order valence-electron chi connectivity index (χ0n) is 11.1. The zero-order chi connectivity index (χ0) is 14.7. The number of methoxy groups -OCH3 is 1. The van der Waals surface area contributed by atoms with E-state index in [1.165, 1.54) is 12.1 Å². The molecule has 2 aromatic carbocycles. The Morgan fingerprint density at radius 3 is 2.70 bits per heavy atom. The number of hydrogen-bond donors (Lipinski definition) is 1. The first kappa shape index (κ1) is 15.1. The SMILES string of the molecule is COc1c(Br)cc(Cl)cc1NC(C)c1cccc(F)c1. The molecule has 1 atom stereocenters. The van der Waals surface area contributed by atoms with Gasteiger partial charge in [0.15, 0.2) is 5.75 Å². The predicted octanol–water partition coefficient (Wildman–Crippen LogP) is 5.42. The molecular weight excluding hydrogens is 345 g/mol. The Hall–Kier alpha value is -1.26. The van der Waals surface area contributed by atoms with Crippen molar-refractivity contribution >= 4 is 33.2 Å². The average molecular weight is 359 g/mol. The third-order valence-corrected chi connectivity index (χ3v) is 3.74. The van der Waals surface area contributed by atoms with Crippen LogP contribution in [0.4, 0.5) is 10.1 Å². The molecule has 0 aromatic heterocycles.